The van der Waals surface area contributed by atoms with Crippen molar-refractivity contribution in [2.45, 2.75) is 18.9 Å². The standard InChI is InChI=1S/C13H17BrN2O4/c1-20-6-2-3-11(13(18)19)16-8-4-5-9(12(15)17)10(14)7-8/h4-5,7,11,16H,2-3,6H2,1H3,(H2,15,17)(H,18,19). The number of aliphatic carboxylic acids is 1. The fourth-order valence-corrected chi connectivity index (χ4v) is 2.27. The van der Waals surface area contributed by atoms with Gasteiger partial charge in [0.15, 0.2) is 0 Å². The zero-order valence-electron chi connectivity index (χ0n) is 11.1. The Labute approximate surface area is 125 Å². The quantitative estimate of drug-likeness (QED) is 0.624. The number of carbonyl (C=O) groups excluding carboxylic acids is 1. The second kappa shape index (κ2) is 7.86. The highest BCUT2D eigenvalue weighted by Crippen LogP contribution is 2.22. The zero-order chi connectivity index (χ0) is 15.1. The molecule has 0 saturated heterocycles. The number of nitrogens with two attached hydrogens (primary N) is 1. The maximum absolute atomic E-state index is 11.2. The molecule has 0 heterocycles. The summed E-state index contributed by atoms with van der Waals surface area (Å²) in [6, 6.07) is 4.09. The van der Waals surface area contributed by atoms with Gasteiger partial charge in [-0.3, -0.25) is 4.79 Å². The maximum atomic E-state index is 11.2. The summed E-state index contributed by atoms with van der Waals surface area (Å²) >= 11 is 3.23. The molecule has 6 nitrogen and oxygen atoms in total. The average molecular weight is 345 g/mol. The van der Waals surface area contributed by atoms with Gasteiger partial charge in [-0.05, 0) is 47.0 Å². The van der Waals surface area contributed by atoms with Crippen molar-refractivity contribution in [1.82, 2.24) is 0 Å². The number of primary amides is 1. The van der Waals surface area contributed by atoms with E-state index in [1.165, 1.54) is 0 Å². The summed E-state index contributed by atoms with van der Waals surface area (Å²) in [6.45, 7) is 0.510. The van der Waals surface area contributed by atoms with E-state index in [9.17, 15) is 9.59 Å². The average Bonchev–Trinajstić information content (AvgIpc) is 2.37. The molecule has 0 aliphatic carbocycles. The topological polar surface area (TPSA) is 102 Å². The van der Waals surface area contributed by atoms with Crippen LogP contribution < -0.4 is 11.1 Å². The molecule has 1 aromatic carbocycles. The van der Waals surface area contributed by atoms with Crippen molar-refractivity contribution in [2.75, 3.05) is 19.0 Å². The number of ether oxygens (including phenoxy) is 1. The van der Waals surface area contributed by atoms with E-state index in [1.54, 1.807) is 25.3 Å². The van der Waals surface area contributed by atoms with Crippen LogP contribution in [0.2, 0.25) is 0 Å². The number of amides is 1. The molecule has 0 spiro atoms. The number of methoxy groups -OCH3 is 1. The number of nitrogens with one attached hydrogen (secondary N) is 1. The van der Waals surface area contributed by atoms with Crippen LogP contribution in [-0.4, -0.2) is 36.7 Å². The van der Waals surface area contributed by atoms with E-state index in [0.717, 1.165) is 0 Å². The van der Waals surface area contributed by atoms with E-state index < -0.39 is 17.9 Å². The van der Waals surface area contributed by atoms with Crippen LogP contribution in [-0.2, 0) is 9.53 Å². The Balaban J connectivity index is 2.76. The first kappa shape index (κ1) is 16.5. The van der Waals surface area contributed by atoms with Crippen molar-refractivity contribution in [2.24, 2.45) is 5.73 Å². The molecule has 1 rings (SSSR count). The van der Waals surface area contributed by atoms with Crippen LogP contribution in [0, 0.1) is 0 Å². The first-order chi connectivity index (χ1) is 9.45. The van der Waals surface area contributed by atoms with Gasteiger partial charge in [-0.1, -0.05) is 0 Å². The summed E-state index contributed by atoms with van der Waals surface area (Å²) < 4.78 is 5.43. The lowest BCUT2D eigenvalue weighted by Gasteiger charge is -2.16. The highest BCUT2D eigenvalue weighted by Gasteiger charge is 2.17. The molecule has 4 N–H and O–H groups in total. The van der Waals surface area contributed by atoms with E-state index in [2.05, 4.69) is 21.2 Å². The summed E-state index contributed by atoms with van der Waals surface area (Å²) in [5, 5.41) is 12.1. The fourth-order valence-electron chi connectivity index (χ4n) is 1.70. The maximum Gasteiger partial charge on any atom is 0.326 e. The number of carboxylic acid groups (broad SMARTS) is 1. The van der Waals surface area contributed by atoms with Crippen molar-refractivity contribution in [3.63, 3.8) is 0 Å². The second-order valence-corrected chi connectivity index (χ2v) is 5.08. The molecule has 110 valence electrons. The molecular formula is C13H17BrN2O4. The minimum absolute atomic E-state index is 0.349. The number of rotatable bonds is 8. The van der Waals surface area contributed by atoms with Gasteiger partial charge in [0.05, 0.1) is 5.56 Å². The lowest BCUT2D eigenvalue weighted by atomic mass is 10.1. The van der Waals surface area contributed by atoms with Gasteiger partial charge in [0.1, 0.15) is 6.04 Å². The largest absolute Gasteiger partial charge is 0.480 e. The third kappa shape index (κ3) is 4.82. The molecule has 0 fully saturated rings. The second-order valence-electron chi connectivity index (χ2n) is 4.23. The van der Waals surface area contributed by atoms with Crippen molar-refractivity contribution in [3.8, 4) is 0 Å². The monoisotopic (exact) mass is 344 g/mol. The highest BCUT2D eigenvalue weighted by atomic mass is 79.9. The zero-order valence-corrected chi connectivity index (χ0v) is 12.6. The Morgan fingerprint density at radius 2 is 2.20 bits per heavy atom. The third-order valence-corrected chi connectivity index (χ3v) is 3.37. The predicted octanol–water partition coefficient (Wildman–Crippen LogP) is 1.84. The lowest BCUT2D eigenvalue weighted by Crippen LogP contribution is -2.29. The van der Waals surface area contributed by atoms with Gasteiger partial charge < -0.3 is 20.9 Å². The smallest absolute Gasteiger partial charge is 0.326 e. The van der Waals surface area contributed by atoms with Crippen molar-refractivity contribution in [3.05, 3.63) is 28.2 Å². The van der Waals surface area contributed by atoms with E-state index in [-0.39, 0.29) is 0 Å². The predicted molar refractivity (Wildman–Crippen MR) is 78.8 cm³/mol. The van der Waals surface area contributed by atoms with Gasteiger partial charge >= 0.3 is 5.97 Å². The van der Waals surface area contributed by atoms with Crippen LogP contribution in [0.1, 0.15) is 23.2 Å². The van der Waals surface area contributed by atoms with Gasteiger partial charge in [0.2, 0.25) is 5.91 Å². The summed E-state index contributed by atoms with van der Waals surface area (Å²) in [5.41, 5.74) is 6.15. The molecule has 1 unspecified atom stereocenters. The number of halogens is 1. The molecule has 0 aliphatic heterocycles. The molecule has 0 aromatic heterocycles. The molecule has 20 heavy (non-hydrogen) atoms. The number of hydrogen-bond donors (Lipinski definition) is 3. The Morgan fingerprint density at radius 3 is 2.70 bits per heavy atom. The van der Waals surface area contributed by atoms with Crippen LogP contribution in [0.3, 0.4) is 0 Å². The van der Waals surface area contributed by atoms with Crippen molar-refractivity contribution in [1.29, 1.82) is 0 Å². The molecule has 0 bridgehead atoms. The van der Waals surface area contributed by atoms with Crippen LogP contribution >= 0.6 is 15.9 Å². The minimum Gasteiger partial charge on any atom is -0.480 e. The van der Waals surface area contributed by atoms with Gasteiger partial charge in [0.25, 0.3) is 0 Å². The highest BCUT2D eigenvalue weighted by molar-refractivity contribution is 9.10. The van der Waals surface area contributed by atoms with E-state index >= 15 is 0 Å². The SMILES string of the molecule is COCCCC(Nc1ccc(C(N)=O)c(Br)c1)C(=O)O. The Morgan fingerprint density at radius 1 is 1.50 bits per heavy atom. The number of carboxylic acids is 1. The van der Waals surface area contributed by atoms with Crippen LogP contribution in [0.5, 0.6) is 0 Å². The van der Waals surface area contributed by atoms with Crippen LogP contribution in [0.25, 0.3) is 0 Å². The Kier molecular flexibility index (Phi) is 6.47. The summed E-state index contributed by atoms with van der Waals surface area (Å²) in [5.74, 6) is -1.48. The minimum atomic E-state index is -0.934. The normalized spacial score (nSPS) is 11.9. The number of carbonyl (C=O) groups is 2. The van der Waals surface area contributed by atoms with Crippen molar-refractivity contribution >= 4 is 33.5 Å². The summed E-state index contributed by atoms with van der Waals surface area (Å²) in [6.07, 6.45) is 1.08. The van der Waals surface area contributed by atoms with Gasteiger partial charge in [-0.2, -0.15) is 0 Å². The van der Waals surface area contributed by atoms with Crippen LogP contribution in [0.4, 0.5) is 5.69 Å². The lowest BCUT2D eigenvalue weighted by molar-refractivity contribution is -0.138. The van der Waals surface area contributed by atoms with Gasteiger partial charge in [0, 0.05) is 23.9 Å². The molecule has 0 radical (unpaired) electrons. The number of benzene rings is 1. The molecule has 1 aromatic rings. The van der Waals surface area contributed by atoms with Crippen molar-refractivity contribution < 1.29 is 19.4 Å². The van der Waals surface area contributed by atoms with E-state index in [1.807, 2.05) is 0 Å². The number of hydrogen-bond acceptors (Lipinski definition) is 4. The molecule has 1 atom stereocenters. The third-order valence-electron chi connectivity index (χ3n) is 2.71. The number of anilines is 1. The molecule has 0 aliphatic rings. The molecular weight excluding hydrogens is 328 g/mol. The van der Waals surface area contributed by atoms with E-state index in [0.29, 0.717) is 35.2 Å². The summed E-state index contributed by atoms with van der Waals surface area (Å²) in [4.78, 5) is 22.3. The van der Waals surface area contributed by atoms with Gasteiger partial charge in [-0.15, -0.1) is 0 Å². The fraction of sp³-hybridized carbons (Fsp3) is 0.385. The molecule has 0 saturated carbocycles. The first-order valence-corrected chi connectivity index (χ1v) is 6.82. The summed E-state index contributed by atoms with van der Waals surface area (Å²) in [7, 11) is 1.57. The van der Waals surface area contributed by atoms with E-state index in [4.69, 9.17) is 15.6 Å². The van der Waals surface area contributed by atoms with Gasteiger partial charge in [-0.25, -0.2) is 4.79 Å². The molecule has 1 amide bonds. The Bertz CT molecular complexity index is 493. The van der Waals surface area contributed by atoms with Crippen LogP contribution in [0.15, 0.2) is 22.7 Å². The Hall–Kier alpha value is -1.60. The molecule has 7 heteroatoms. The first-order valence-electron chi connectivity index (χ1n) is 6.03.